The smallest absolute Gasteiger partial charge is 0.315 e. The molecule has 0 aromatic carbocycles. The van der Waals surface area contributed by atoms with E-state index >= 15 is 0 Å². The third-order valence-electron chi connectivity index (χ3n) is 6.33. The zero-order valence-electron chi connectivity index (χ0n) is 22.3. The van der Waals surface area contributed by atoms with Gasteiger partial charge in [-0.05, 0) is 31.4 Å². The van der Waals surface area contributed by atoms with Gasteiger partial charge in [-0.2, -0.15) is 24.4 Å². The Labute approximate surface area is 235 Å². The van der Waals surface area contributed by atoms with E-state index in [1.165, 1.54) is 0 Å². The maximum absolute atomic E-state index is 12.0. The highest BCUT2D eigenvalue weighted by Gasteiger charge is 2.42. The highest BCUT2D eigenvalue weighted by atomic mass is 32.2. The van der Waals surface area contributed by atoms with Gasteiger partial charge in [0.25, 0.3) is 0 Å². The number of thioether (sulfide) groups is 1. The standard InChI is InChI=1S/C25H45N5O6S2/c31-21(8-4-3-6-20-24-19(18-38-20)29-25(34)30-24)26-10-5-1-2-7-22(32)27-11-13-35-15-16-36-14-12-28-23(33)9-17-37/h19-20,24,37H,1-18H2,(H,26,31)(H,27,32)(H,28,33)(H2,29,30,34). The Morgan fingerprint density at radius 1 is 0.789 bits per heavy atom. The van der Waals surface area contributed by atoms with Crippen molar-refractivity contribution in [1.29, 1.82) is 0 Å². The largest absolute Gasteiger partial charge is 0.377 e. The van der Waals surface area contributed by atoms with E-state index in [-0.39, 0.29) is 35.8 Å². The lowest BCUT2D eigenvalue weighted by atomic mass is 10.0. The molecule has 13 heteroatoms. The summed E-state index contributed by atoms with van der Waals surface area (Å²) in [7, 11) is 0. The monoisotopic (exact) mass is 575 g/mol. The Bertz CT molecular complexity index is 732. The quantitative estimate of drug-likeness (QED) is 0.0641. The van der Waals surface area contributed by atoms with Gasteiger partial charge in [0.15, 0.2) is 0 Å². The molecule has 2 fully saturated rings. The van der Waals surface area contributed by atoms with E-state index in [4.69, 9.17) is 9.47 Å². The number of unbranched alkanes of at least 4 members (excludes halogenated alkanes) is 3. The molecule has 2 aliphatic heterocycles. The lowest BCUT2D eigenvalue weighted by Crippen LogP contribution is -2.36. The first-order valence-electron chi connectivity index (χ1n) is 13.7. The van der Waals surface area contributed by atoms with Gasteiger partial charge in [0.1, 0.15) is 0 Å². The first kappa shape index (κ1) is 32.5. The SMILES string of the molecule is O=C(CCS)NCCOCCOCCNC(=O)CCCCCNC(=O)CCCCC1SCC2NC(=O)NC21. The lowest BCUT2D eigenvalue weighted by Gasteiger charge is -2.16. The summed E-state index contributed by atoms with van der Waals surface area (Å²) in [5.41, 5.74) is 0. The first-order chi connectivity index (χ1) is 18.5. The molecule has 0 bridgehead atoms. The van der Waals surface area contributed by atoms with Gasteiger partial charge in [0.05, 0.1) is 38.5 Å². The number of hydrogen-bond donors (Lipinski definition) is 6. The molecule has 0 aromatic rings. The highest BCUT2D eigenvalue weighted by molar-refractivity contribution is 8.00. The molecule has 0 aliphatic carbocycles. The van der Waals surface area contributed by atoms with Crippen LogP contribution in [0.2, 0.25) is 0 Å². The van der Waals surface area contributed by atoms with Crippen molar-refractivity contribution in [1.82, 2.24) is 26.6 Å². The topological polar surface area (TPSA) is 147 Å². The predicted octanol–water partition coefficient (Wildman–Crippen LogP) is 0.974. The van der Waals surface area contributed by atoms with Gasteiger partial charge in [0.2, 0.25) is 17.7 Å². The van der Waals surface area contributed by atoms with Crippen LogP contribution in [0.25, 0.3) is 0 Å². The fourth-order valence-corrected chi connectivity index (χ4v) is 6.05. The second-order valence-electron chi connectivity index (χ2n) is 9.43. The summed E-state index contributed by atoms with van der Waals surface area (Å²) < 4.78 is 10.8. The van der Waals surface area contributed by atoms with Gasteiger partial charge in [0, 0.05) is 49.9 Å². The summed E-state index contributed by atoms with van der Waals surface area (Å²) >= 11 is 5.90. The van der Waals surface area contributed by atoms with E-state index < -0.39 is 0 Å². The Morgan fingerprint density at radius 3 is 2.05 bits per heavy atom. The molecule has 0 aromatic heterocycles. The number of ether oxygens (including phenoxy) is 2. The number of nitrogens with one attached hydrogen (secondary N) is 5. The fraction of sp³-hybridized carbons (Fsp3) is 0.840. The van der Waals surface area contributed by atoms with Crippen LogP contribution >= 0.6 is 24.4 Å². The summed E-state index contributed by atoms with van der Waals surface area (Å²) in [6.45, 7) is 3.30. The zero-order chi connectivity index (χ0) is 27.4. The van der Waals surface area contributed by atoms with Gasteiger partial charge in [-0.3, -0.25) is 14.4 Å². The number of thiol groups is 1. The number of urea groups is 1. The van der Waals surface area contributed by atoms with Crippen LogP contribution in [-0.4, -0.2) is 98.7 Å². The first-order valence-corrected chi connectivity index (χ1v) is 15.4. The minimum atomic E-state index is -0.0604. The van der Waals surface area contributed by atoms with Crippen LogP contribution in [0.3, 0.4) is 0 Å². The van der Waals surface area contributed by atoms with Crippen LogP contribution in [0.15, 0.2) is 0 Å². The molecule has 5 amide bonds. The molecule has 3 unspecified atom stereocenters. The highest BCUT2D eigenvalue weighted by Crippen LogP contribution is 2.33. The van der Waals surface area contributed by atoms with Crippen molar-refractivity contribution < 1.29 is 28.7 Å². The summed E-state index contributed by atoms with van der Waals surface area (Å²) in [5, 5.41) is 14.9. The molecular formula is C25H45N5O6S2. The van der Waals surface area contributed by atoms with E-state index in [2.05, 4.69) is 39.2 Å². The van der Waals surface area contributed by atoms with Crippen molar-refractivity contribution in [2.24, 2.45) is 0 Å². The second kappa shape index (κ2) is 20.2. The van der Waals surface area contributed by atoms with Crippen LogP contribution in [0, 0.1) is 0 Å². The maximum atomic E-state index is 12.0. The predicted molar refractivity (Wildman–Crippen MR) is 152 cm³/mol. The van der Waals surface area contributed by atoms with Gasteiger partial charge in [-0.15, -0.1) is 0 Å². The number of carbonyl (C=O) groups excluding carboxylic acids is 4. The molecule has 2 rings (SSSR count). The minimum Gasteiger partial charge on any atom is -0.377 e. The van der Waals surface area contributed by atoms with Crippen LogP contribution in [0.5, 0.6) is 0 Å². The molecule has 2 saturated heterocycles. The van der Waals surface area contributed by atoms with Crippen molar-refractivity contribution in [2.75, 3.05) is 57.6 Å². The zero-order valence-corrected chi connectivity index (χ0v) is 24.0. The van der Waals surface area contributed by atoms with E-state index in [0.717, 1.165) is 44.3 Å². The third kappa shape index (κ3) is 14.5. The van der Waals surface area contributed by atoms with Crippen molar-refractivity contribution >= 4 is 48.1 Å². The fourth-order valence-electron chi connectivity index (χ4n) is 4.30. The third-order valence-corrected chi connectivity index (χ3v) is 8.06. The molecule has 2 aliphatic rings. The van der Waals surface area contributed by atoms with E-state index in [9.17, 15) is 19.2 Å². The number of fused-ring (bicyclic) bond motifs is 1. The molecule has 5 N–H and O–H groups in total. The molecule has 11 nitrogen and oxygen atoms in total. The normalized spacial score (nSPS) is 19.9. The number of amides is 5. The number of hydrogen-bond acceptors (Lipinski definition) is 8. The van der Waals surface area contributed by atoms with Crippen molar-refractivity contribution in [3.05, 3.63) is 0 Å². The summed E-state index contributed by atoms with van der Waals surface area (Å²) in [6, 6.07) is 0.414. The van der Waals surface area contributed by atoms with Crippen molar-refractivity contribution in [2.45, 2.75) is 75.1 Å². The van der Waals surface area contributed by atoms with Gasteiger partial charge in [-0.1, -0.05) is 12.8 Å². The Kier molecular flexibility index (Phi) is 17.3. The van der Waals surface area contributed by atoms with E-state index in [1.54, 1.807) is 0 Å². The average Bonchev–Trinajstić information content (AvgIpc) is 3.44. The number of carbonyl (C=O) groups is 4. The van der Waals surface area contributed by atoms with Crippen molar-refractivity contribution in [3.63, 3.8) is 0 Å². The lowest BCUT2D eigenvalue weighted by molar-refractivity contribution is -0.122. The molecule has 2 heterocycles. The molecule has 0 saturated carbocycles. The summed E-state index contributed by atoms with van der Waals surface area (Å²) in [5.74, 6) is 1.55. The molecule has 0 spiro atoms. The average molecular weight is 576 g/mol. The van der Waals surface area contributed by atoms with Crippen LogP contribution in [0.4, 0.5) is 4.79 Å². The molecule has 218 valence electrons. The molecule has 0 radical (unpaired) electrons. The van der Waals surface area contributed by atoms with Gasteiger partial charge in [-0.25, -0.2) is 4.79 Å². The van der Waals surface area contributed by atoms with E-state index in [0.29, 0.717) is 76.3 Å². The summed E-state index contributed by atoms with van der Waals surface area (Å²) in [4.78, 5) is 46.6. The van der Waals surface area contributed by atoms with Gasteiger partial charge >= 0.3 is 6.03 Å². The molecule has 38 heavy (non-hydrogen) atoms. The molecular weight excluding hydrogens is 530 g/mol. The summed E-state index contributed by atoms with van der Waals surface area (Å²) in [6.07, 6.45) is 6.78. The second-order valence-corrected chi connectivity index (χ2v) is 11.1. The Morgan fingerprint density at radius 2 is 1.39 bits per heavy atom. The van der Waals surface area contributed by atoms with Gasteiger partial charge < -0.3 is 36.1 Å². The minimum absolute atomic E-state index is 0.00513. The van der Waals surface area contributed by atoms with Crippen molar-refractivity contribution in [3.8, 4) is 0 Å². The van der Waals surface area contributed by atoms with Crippen LogP contribution in [0.1, 0.15) is 57.8 Å². The Hall–Kier alpha value is -1.70. The Balaban J connectivity index is 1.29. The maximum Gasteiger partial charge on any atom is 0.315 e. The van der Waals surface area contributed by atoms with Crippen LogP contribution in [-0.2, 0) is 23.9 Å². The number of rotatable bonds is 22. The van der Waals surface area contributed by atoms with E-state index in [1.807, 2.05) is 11.8 Å². The molecule has 3 atom stereocenters. The van der Waals surface area contributed by atoms with Crippen LogP contribution < -0.4 is 26.6 Å².